The summed E-state index contributed by atoms with van der Waals surface area (Å²) in [7, 11) is -3.07. The van der Waals surface area contributed by atoms with Crippen LogP contribution in [0.25, 0.3) is 0 Å². The van der Waals surface area contributed by atoms with E-state index < -0.39 is 21.2 Å². The van der Waals surface area contributed by atoms with E-state index in [1.165, 1.54) is 12.1 Å². The highest BCUT2D eigenvalue weighted by atomic mass is 79.9. The van der Waals surface area contributed by atoms with Gasteiger partial charge in [0.25, 0.3) is 0 Å². The molecule has 0 saturated carbocycles. The van der Waals surface area contributed by atoms with Gasteiger partial charge in [-0.1, -0.05) is 15.9 Å². The zero-order chi connectivity index (χ0) is 10.9. The summed E-state index contributed by atoms with van der Waals surface area (Å²) in [6.07, 6.45) is 0. The lowest BCUT2D eigenvalue weighted by Crippen LogP contribution is -2.17. The number of alkyl halides is 3. The molecule has 0 spiro atoms. The van der Waals surface area contributed by atoms with E-state index in [1.807, 2.05) is 0 Å². The van der Waals surface area contributed by atoms with Crippen LogP contribution in [0.4, 0.5) is 18.9 Å². The van der Waals surface area contributed by atoms with Crippen LogP contribution >= 0.6 is 15.9 Å². The molecule has 0 amide bonds. The third-order valence-electron chi connectivity index (χ3n) is 1.38. The number of benzene rings is 1. The first-order valence-corrected chi connectivity index (χ1v) is 5.30. The summed E-state index contributed by atoms with van der Waals surface area (Å²) in [5.41, 5.74) is 0.377. The van der Waals surface area contributed by atoms with E-state index in [4.69, 9.17) is 5.73 Å². The molecule has 0 aliphatic carbocycles. The van der Waals surface area contributed by atoms with Gasteiger partial charge in [-0.2, -0.15) is 13.2 Å². The van der Waals surface area contributed by atoms with Crippen molar-refractivity contribution in [1.29, 1.82) is 0 Å². The van der Waals surface area contributed by atoms with Crippen molar-refractivity contribution in [2.24, 2.45) is 0 Å². The summed E-state index contributed by atoms with van der Waals surface area (Å²) in [6, 6.07) is 3.72. The molecule has 2 nitrogen and oxygen atoms in total. The normalized spacial score (nSPS) is 14.0. The van der Waals surface area contributed by atoms with Crippen molar-refractivity contribution < 1.29 is 17.4 Å². The molecule has 0 fully saturated rings. The van der Waals surface area contributed by atoms with Gasteiger partial charge in [0.15, 0.2) is 10.8 Å². The standard InChI is InChI=1S/C7H5BrF3NOS/c8-4-1-2-6(5(12)3-4)14(13)7(9,10)11/h1-3H,12H2. The molecule has 0 aliphatic rings. The Bertz CT molecular complexity index is 380. The SMILES string of the molecule is Nc1cc(Br)ccc1S(=O)C(F)(F)F. The average molecular weight is 288 g/mol. The first-order chi connectivity index (χ1) is 6.32. The van der Waals surface area contributed by atoms with Gasteiger partial charge in [-0.15, -0.1) is 0 Å². The molecular weight excluding hydrogens is 283 g/mol. The summed E-state index contributed by atoms with van der Waals surface area (Å²) in [5.74, 6) is 0. The van der Waals surface area contributed by atoms with Crippen LogP contribution in [-0.2, 0) is 10.8 Å². The Morgan fingerprint density at radius 3 is 2.36 bits per heavy atom. The Morgan fingerprint density at radius 1 is 1.36 bits per heavy atom. The topological polar surface area (TPSA) is 43.1 Å². The molecular formula is C7H5BrF3NOS. The van der Waals surface area contributed by atoms with E-state index in [1.54, 1.807) is 0 Å². The molecule has 0 radical (unpaired) electrons. The van der Waals surface area contributed by atoms with Crippen molar-refractivity contribution in [3.05, 3.63) is 22.7 Å². The lowest BCUT2D eigenvalue weighted by atomic mass is 10.3. The second-order valence-electron chi connectivity index (χ2n) is 2.40. The summed E-state index contributed by atoms with van der Waals surface area (Å²) >= 11 is 3.04. The average Bonchev–Trinajstić information content (AvgIpc) is 2.01. The largest absolute Gasteiger partial charge is 0.475 e. The van der Waals surface area contributed by atoms with Gasteiger partial charge < -0.3 is 5.73 Å². The predicted octanol–water partition coefficient (Wildman–Crippen LogP) is 2.66. The second kappa shape index (κ2) is 3.90. The fraction of sp³-hybridized carbons (Fsp3) is 0.143. The highest BCUT2D eigenvalue weighted by Crippen LogP contribution is 2.30. The van der Waals surface area contributed by atoms with Gasteiger partial charge in [0.1, 0.15) is 0 Å². The Balaban J connectivity index is 3.15. The molecule has 0 bridgehead atoms. The van der Waals surface area contributed by atoms with Crippen molar-refractivity contribution >= 4 is 32.4 Å². The fourth-order valence-corrected chi connectivity index (χ4v) is 1.91. The molecule has 0 aromatic heterocycles. The Labute approximate surface area is 88.9 Å². The minimum atomic E-state index is -4.78. The maximum absolute atomic E-state index is 12.0. The summed E-state index contributed by atoms with van der Waals surface area (Å²) in [6.45, 7) is 0. The van der Waals surface area contributed by atoms with Gasteiger partial charge in [0.05, 0.1) is 4.90 Å². The van der Waals surface area contributed by atoms with Crippen LogP contribution < -0.4 is 5.73 Å². The Hall–Kier alpha value is -0.560. The molecule has 1 unspecified atom stereocenters. The lowest BCUT2D eigenvalue weighted by molar-refractivity contribution is -0.0384. The highest BCUT2D eigenvalue weighted by molar-refractivity contribution is 9.10. The number of halogens is 4. The lowest BCUT2D eigenvalue weighted by Gasteiger charge is -2.08. The second-order valence-corrected chi connectivity index (χ2v) is 4.75. The monoisotopic (exact) mass is 287 g/mol. The van der Waals surface area contributed by atoms with Crippen molar-refractivity contribution in [3.63, 3.8) is 0 Å². The van der Waals surface area contributed by atoms with Crippen LogP contribution in [0.3, 0.4) is 0 Å². The van der Waals surface area contributed by atoms with Crippen LogP contribution in [0.15, 0.2) is 27.6 Å². The number of hydrogen-bond donors (Lipinski definition) is 1. The van der Waals surface area contributed by atoms with Gasteiger partial charge in [-0.25, -0.2) is 4.21 Å². The van der Waals surface area contributed by atoms with Gasteiger partial charge in [0.2, 0.25) is 0 Å². The minimum Gasteiger partial charge on any atom is -0.398 e. The van der Waals surface area contributed by atoms with Crippen molar-refractivity contribution in [2.45, 2.75) is 10.4 Å². The zero-order valence-corrected chi connectivity index (χ0v) is 9.04. The van der Waals surface area contributed by atoms with Crippen LogP contribution in [0.5, 0.6) is 0 Å². The summed E-state index contributed by atoms with van der Waals surface area (Å²) < 4.78 is 47.6. The molecule has 1 atom stereocenters. The van der Waals surface area contributed by atoms with Gasteiger partial charge >= 0.3 is 5.51 Å². The minimum absolute atomic E-state index is 0.143. The number of rotatable bonds is 1. The first kappa shape index (κ1) is 11.5. The molecule has 0 saturated heterocycles. The molecule has 78 valence electrons. The molecule has 1 rings (SSSR count). The van der Waals surface area contributed by atoms with E-state index in [0.29, 0.717) is 4.47 Å². The molecule has 7 heteroatoms. The number of anilines is 1. The summed E-state index contributed by atoms with van der Waals surface area (Å²) in [5, 5.41) is 0. The predicted molar refractivity (Wildman–Crippen MR) is 51.0 cm³/mol. The third-order valence-corrected chi connectivity index (χ3v) is 3.07. The Morgan fingerprint density at radius 2 is 1.93 bits per heavy atom. The van der Waals surface area contributed by atoms with Crippen LogP contribution in [0, 0.1) is 0 Å². The van der Waals surface area contributed by atoms with Crippen LogP contribution in [-0.4, -0.2) is 9.72 Å². The van der Waals surface area contributed by atoms with Crippen molar-refractivity contribution in [3.8, 4) is 0 Å². The van der Waals surface area contributed by atoms with Gasteiger partial charge in [-0.3, -0.25) is 0 Å². The number of nitrogen functional groups attached to an aromatic ring is 1. The van der Waals surface area contributed by atoms with Gasteiger partial charge in [-0.05, 0) is 18.2 Å². The quantitative estimate of drug-likeness (QED) is 0.807. The molecule has 14 heavy (non-hydrogen) atoms. The number of hydrogen-bond acceptors (Lipinski definition) is 2. The Kier molecular flexibility index (Phi) is 3.20. The molecule has 0 aliphatic heterocycles. The summed E-state index contributed by atoms with van der Waals surface area (Å²) in [4.78, 5) is -0.416. The van der Waals surface area contributed by atoms with Crippen LogP contribution in [0.1, 0.15) is 0 Å². The molecule has 2 N–H and O–H groups in total. The first-order valence-electron chi connectivity index (χ1n) is 3.36. The van der Waals surface area contributed by atoms with E-state index >= 15 is 0 Å². The smallest absolute Gasteiger partial charge is 0.398 e. The van der Waals surface area contributed by atoms with Crippen molar-refractivity contribution in [2.75, 3.05) is 5.73 Å². The molecule has 1 aromatic carbocycles. The fourth-order valence-electron chi connectivity index (χ4n) is 0.813. The third kappa shape index (κ3) is 2.48. The zero-order valence-electron chi connectivity index (χ0n) is 6.64. The van der Waals surface area contributed by atoms with Crippen molar-refractivity contribution in [1.82, 2.24) is 0 Å². The van der Waals surface area contributed by atoms with E-state index in [9.17, 15) is 17.4 Å². The van der Waals surface area contributed by atoms with Crippen LogP contribution in [0.2, 0.25) is 0 Å². The van der Waals surface area contributed by atoms with Gasteiger partial charge in [0, 0.05) is 10.2 Å². The maximum atomic E-state index is 12.0. The van der Waals surface area contributed by atoms with E-state index in [-0.39, 0.29) is 5.69 Å². The molecule has 1 aromatic rings. The maximum Gasteiger partial charge on any atom is 0.475 e. The van der Waals surface area contributed by atoms with E-state index in [2.05, 4.69) is 15.9 Å². The highest BCUT2D eigenvalue weighted by Gasteiger charge is 2.38. The molecule has 0 heterocycles. The number of nitrogens with two attached hydrogens (primary N) is 1. The van der Waals surface area contributed by atoms with E-state index in [0.717, 1.165) is 6.07 Å².